The Labute approximate surface area is 183 Å². The summed E-state index contributed by atoms with van der Waals surface area (Å²) in [6, 6.07) is 4.55. The third kappa shape index (κ3) is 3.70. The largest absolute Gasteiger partial charge is 0.462 e. The molecule has 0 saturated carbocycles. The highest BCUT2D eigenvalue weighted by Crippen LogP contribution is 2.20. The molecule has 0 bridgehead atoms. The average Bonchev–Trinajstić information content (AvgIpc) is 3.35. The van der Waals surface area contributed by atoms with Crippen LogP contribution in [0.2, 0.25) is 0 Å². The van der Waals surface area contributed by atoms with Crippen molar-refractivity contribution in [3.05, 3.63) is 62.5 Å². The third-order valence-electron chi connectivity index (χ3n) is 5.58. The molecule has 0 aliphatic carbocycles. The van der Waals surface area contributed by atoms with Crippen molar-refractivity contribution in [2.24, 2.45) is 0 Å². The number of esters is 2. The van der Waals surface area contributed by atoms with Crippen LogP contribution in [0.15, 0.2) is 23.0 Å². The van der Waals surface area contributed by atoms with E-state index in [9.17, 15) is 19.2 Å². The zero-order chi connectivity index (χ0) is 23.0. The van der Waals surface area contributed by atoms with Gasteiger partial charge in [-0.05, 0) is 51.0 Å². The van der Waals surface area contributed by atoms with Gasteiger partial charge in [0.15, 0.2) is 6.61 Å². The zero-order valence-corrected chi connectivity index (χ0v) is 18.1. The minimum Gasteiger partial charge on any atom is -0.462 e. The number of aromatic nitrogens is 3. The lowest BCUT2D eigenvalue weighted by molar-refractivity contribution is 0.0472. The van der Waals surface area contributed by atoms with Gasteiger partial charge in [-0.25, -0.2) is 14.6 Å². The molecule has 0 unspecified atom stereocenters. The molecule has 3 aromatic rings. The number of fused-ring (bicyclic) bond motifs is 2. The van der Waals surface area contributed by atoms with E-state index in [1.807, 2.05) is 0 Å². The summed E-state index contributed by atoms with van der Waals surface area (Å²) in [6.07, 6.45) is 1.59. The van der Waals surface area contributed by atoms with Crippen molar-refractivity contribution in [1.29, 1.82) is 0 Å². The normalized spacial score (nSPS) is 12.6. The monoisotopic (exact) mass is 437 g/mol. The van der Waals surface area contributed by atoms with Crippen molar-refractivity contribution in [2.45, 2.75) is 40.2 Å². The number of nitrogens with zero attached hydrogens (tertiary/aromatic N) is 2. The molecule has 2 aromatic heterocycles. The number of ether oxygens (including phenoxy) is 2. The van der Waals surface area contributed by atoms with Crippen molar-refractivity contribution in [3.63, 3.8) is 0 Å². The van der Waals surface area contributed by atoms with Crippen LogP contribution in [0.1, 0.15) is 61.6 Å². The first-order valence-corrected chi connectivity index (χ1v) is 10.4. The lowest BCUT2D eigenvalue weighted by atomic mass is 10.1. The Morgan fingerprint density at radius 1 is 1.16 bits per heavy atom. The van der Waals surface area contributed by atoms with Crippen LogP contribution in [0.4, 0.5) is 0 Å². The summed E-state index contributed by atoms with van der Waals surface area (Å²) in [5.74, 6) is -0.974. The van der Waals surface area contributed by atoms with E-state index in [1.54, 1.807) is 31.4 Å². The zero-order valence-electron chi connectivity index (χ0n) is 18.1. The predicted octanol–water partition coefficient (Wildman–Crippen LogP) is 2.50. The van der Waals surface area contributed by atoms with E-state index in [-0.39, 0.29) is 23.4 Å². The summed E-state index contributed by atoms with van der Waals surface area (Å²) in [4.78, 5) is 57.2. The maximum Gasteiger partial charge on any atom is 0.340 e. The van der Waals surface area contributed by atoms with Gasteiger partial charge in [-0.15, -0.1) is 0 Å². The fourth-order valence-electron chi connectivity index (χ4n) is 4.04. The number of aromatic amines is 1. The van der Waals surface area contributed by atoms with E-state index in [1.165, 1.54) is 12.1 Å². The minimum atomic E-state index is -0.700. The van der Waals surface area contributed by atoms with Crippen LogP contribution in [0.3, 0.4) is 0 Å². The number of aryl methyl sites for hydroxylation is 2. The number of hydrogen-bond acceptors (Lipinski definition) is 7. The van der Waals surface area contributed by atoms with Gasteiger partial charge in [-0.3, -0.25) is 14.2 Å². The number of hydrogen-bond donors (Lipinski definition) is 1. The van der Waals surface area contributed by atoms with Gasteiger partial charge in [0.1, 0.15) is 5.82 Å². The fraction of sp³-hybridized carbons (Fsp3) is 0.348. The highest BCUT2D eigenvalue weighted by atomic mass is 16.5. The molecule has 1 aromatic carbocycles. The van der Waals surface area contributed by atoms with Crippen LogP contribution in [0.5, 0.6) is 0 Å². The summed E-state index contributed by atoms with van der Waals surface area (Å²) in [7, 11) is 0. The van der Waals surface area contributed by atoms with Gasteiger partial charge in [-0.2, -0.15) is 0 Å². The molecule has 4 rings (SSSR count). The predicted molar refractivity (Wildman–Crippen MR) is 115 cm³/mol. The van der Waals surface area contributed by atoms with Crippen LogP contribution in [0, 0.1) is 13.8 Å². The molecule has 0 spiro atoms. The Kier molecular flexibility index (Phi) is 5.65. The molecule has 1 N–H and O–H groups in total. The first kappa shape index (κ1) is 21.5. The number of Topliss-reactive ketones (excluding diaryl/α,β-unsaturated/α-hetero) is 1. The van der Waals surface area contributed by atoms with Crippen LogP contribution in [-0.4, -0.2) is 45.5 Å². The van der Waals surface area contributed by atoms with Crippen LogP contribution in [0.25, 0.3) is 10.9 Å². The second-order valence-electron chi connectivity index (χ2n) is 7.67. The van der Waals surface area contributed by atoms with E-state index < -0.39 is 24.3 Å². The molecule has 0 amide bonds. The van der Waals surface area contributed by atoms with Crippen molar-refractivity contribution in [1.82, 2.24) is 14.5 Å². The lowest BCUT2D eigenvalue weighted by Crippen LogP contribution is -2.21. The number of carbonyl (C=O) groups is 3. The molecular formula is C23H23N3O6. The van der Waals surface area contributed by atoms with Crippen LogP contribution < -0.4 is 5.56 Å². The van der Waals surface area contributed by atoms with E-state index in [0.717, 1.165) is 12.8 Å². The van der Waals surface area contributed by atoms with E-state index in [2.05, 4.69) is 9.97 Å². The number of nitrogens with one attached hydrogen (secondary N) is 1. The summed E-state index contributed by atoms with van der Waals surface area (Å²) in [6.45, 7) is 5.38. The molecular weight excluding hydrogens is 414 g/mol. The van der Waals surface area contributed by atoms with Gasteiger partial charge in [-0.1, -0.05) is 0 Å². The van der Waals surface area contributed by atoms with Crippen molar-refractivity contribution in [3.8, 4) is 0 Å². The van der Waals surface area contributed by atoms with Crippen molar-refractivity contribution >= 4 is 28.6 Å². The molecule has 1 aliphatic heterocycles. The van der Waals surface area contributed by atoms with Gasteiger partial charge in [0, 0.05) is 18.7 Å². The number of H-pyrrole nitrogens is 1. The molecule has 3 heterocycles. The Morgan fingerprint density at radius 2 is 1.94 bits per heavy atom. The Morgan fingerprint density at radius 3 is 2.69 bits per heavy atom. The summed E-state index contributed by atoms with van der Waals surface area (Å²) in [5.41, 5.74) is 1.97. The first-order valence-electron chi connectivity index (χ1n) is 10.4. The maximum absolute atomic E-state index is 12.6. The van der Waals surface area contributed by atoms with Crippen molar-refractivity contribution in [2.75, 3.05) is 13.2 Å². The van der Waals surface area contributed by atoms with Gasteiger partial charge in [0.25, 0.3) is 5.56 Å². The third-order valence-corrected chi connectivity index (χ3v) is 5.58. The Balaban J connectivity index is 1.50. The molecule has 0 atom stereocenters. The molecule has 0 fully saturated rings. The summed E-state index contributed by atoms with van der Waals surface area (Å²) < 4.78 is 11.9. The topological polar surface area (TPSA) is 120 Å². The van der Waals surface area contributed by atoms with Crippen LogP contribution >= 0.6 is 0 Å². The summed E-state index contributed by atoms with van der Waals surface area (Å²) in [5, 5.41) is 0.437. The molecule has 32 heavy (non-hydrogen) atoms. The second kappa shape index (κ2) is 8.41. The van der Waals surface area contributed by atoms with Gasteiger partial charge < -0.3 is 14.5 Å². The average molecular weight is 437 g/mol. The van der Waals surface area contributed by atoms with E-state index in [0.29, 0.717) is 40.1 Å². The van der Waals surface area contributed by atoms with Gasteiger partial charge in [0.05, 0.1) is 34.3 Å². The SMILES string of the molecule is CCOC(=O)c1c(C)[nH]c(C(=O)COC(=O)c2ccc3c(=O)n4c(nc3c2)CCC4)c1C. The molecule has 9 nitrogen and oxygen atoms in total. The number of benzene rings is 1. The molecule has 1 aliphatic rings. The number of rotatable bonds is 6. The Bertz CT molecular complexity index is 1320. The summed E-state index contributed by atoms with van der Waals surface area (Å²) >= 11 is 0. The van der Waals surface area contributed by atoms with Gasteiger partial charge in [0.2, 0.25) is 5.78 Å². The smallest absolute Gasteiger partial charge is 0.340 e. The number of carbonyl (C=O) groups excluding carboxylic acids is 3. The fourth-order valence-corrected chi connectivity index (χ4v) is 4.04. The molecule has 0 saturated heterocycles. The van der Waals surface area contributed by atoms with E-state index >= 15 is 0 Å². The minimum absolute atomic E-state index is 0.118. The quantitative estimate of drug-likeness (QED) is 0.465. The first-order chi connectivity index (χ1) is 15.3. The molecule has 166 valence electrons. The van der Waals surface area contributed by atoms with Crippen LogP contribution in [-0.2, 0) is 22.4 Å². The van der Waals surface area contributed by atoms with Gasteiger partial charge >= 0.3 is 11.9 Å². The molecule has 9 heteroatoms. The van der Waals surface area contributed by atoms with E-state index in [4.69, 9.17) is 9.47 Å². The maximum atomic E-state index is 12.6. The highest BCUT2D eigenvalue weighted by molar-refractivity contribution is 6.03. The highest BCUT2D eigenvalue weighted by Gasteiger charge is 2.24. The lowest BCUT2D eigenvalue weighted by Gasteiger charge is -2.07. The van der Waals surface area contributed by atoms with Crippen molar-refractivity contribution < 1.29 is 23.9 Å². The number of ketones is 1. The Hall–Kier alpha value is -3.75. The second-order valence-corrected chi connectivity index (χ2v) is 7.67. The molecule has 0 radical (unpaired) electrons. The standard InChI is InChI=1S/C23H23N3O6/c1-4-31-23(30)19-12(2)20(24-13(19)3)17(27)11-32-22(29)14-7-8-15-16(10-14)25-18-6-5-9-26(18)21(15)28/h7-8,10,24H,4-6,9,11H2,1-3H3.